The van der Waals surface area contributed by atoms with Crippen molar-refractivity contribution in [1.82, 2.24) is 34.9 Å². The molecular formula is C49H27N7O. The van der Waals surface area contributed by atoms with E-state index >= 15 is 0 Å². The first kappa shape index (κ1) is 31.4. The van der Waals surface area contributed by atoms with Gasteiger partial charge in [-0.2, -0.15) is 0 Å². The average Bonchev–Trinajstić information content (AvgIpc) is 3.65. The zero-order chi connectivity index (χ0) is 37.5. The molecule has 12 aromatic rings. The van der Waals surface area contributed by atoms with Crippen LogP contribution >= 0.6 is 0 Å². The van der Waals surface area contributed by atoms with E-state index in [1.54, 1.807) is 0 Å². The second-order valence-corrected chi connectivity index (χ2v) is 14.1. The first-order valence-electron chi connectivity index (χ1n) is 18.7. The molecule has 12 rings (SSSR count). The van der Waals surface area contributed by atoms with Crippen LogP contribution in [0.3, 0.4) is 0 Å². The van der Waals surface area contributed by atoms with Crippen LogP contribution in [0.15, 0.2) is 168 Å². The summed E-state index contributed by atoms with van der Waals surface area (Å²) in [4.78, 5) is 35.0. The number of hydrogen-bond acceptors (Lipinski definition) is 8. The lowest BCUT2D eigenvalue weighted by atomic mass is 9.96. The fourth-order valence-electron chi connectivity index (χ4n) is 8.03. The minimum atomic E-state index is 0.523. The van der Waals surface area contributed by atoms with Crippen LogP contribution < -0.4 is 0 Å². The lowest BCUT2D eigenvalue weighted by Crippen LogP contribution is -2.01. The third-order valence-electron chi connectivity index (χ3n) is 10.8. The van der Waals surface area contributed by atoms with E-state index in [2.05, 4.69) is 96.0 Å². The van der Waals surface area contributed by atoms with Gasteiger partial charge in [-0.05, 0) is 64.0 Å². The van der Waals surface area contributed by atoms with Gasteiger partial charge in [-0.1, -0.05) is 115 Å². The second kappa shape index (κ2) is 12.3. The molecule has 0 aliphatic rings. The summed E-state index contributed by atoms with van der Waals surface area (Å²) < 4.78 is 6.21. The predicted molar refractivity (Wildman–Crippen MR) is 228 cm³/mol. The molecule has 0 N–H and O–H groups in total. The number of pyridine rings is 2. The number of aromatic nitrogens is 7. The van der Waals surface area contributed by atoms with E-state index in [1.165, 1.54) is 0 Å². The molecule has 0 aliphatic carbocycles. The van der Waals surface area contributed by atoms with Crippen LogP contribution in [0.25, 0.3) is 122 Å². The third kappa shape index (κ3) is 5.04. The molecule has 264 valence electrons. The second-order valence-electron chi connectivity index (χ2n) is 14.1. The summed E-state index contributed by atoms with van der Waals surface area (Å²) >= 11 is 0. The molecule has 7 aromatic carbocycles. The SMILES string of the molecule is c1ccc(-c2nc(-c3ccc4c(ccc5oc6nc7ccccc7nc6c54)c3)nc(-c3ccc(-c4ccc5ccc6cccnc6c5n4)c4ccccc34)n2)cc1. The van der Waals surface area contributed by atoms with Gasteiger partial charge in [0.25, 0.3) is 0 Å². The summed E-state index contributed by atoms with van der Waals surface area (Å²) in [5.74, 6) is 1.76. The van der Waals surface area contributed by atoms with Gasteiger partial charge in [0.1, 0.15) is 11.1 Å². The van der Waals surface area contributed by atoms with E-state index < -0.39 is 0 Å². The number of benzene rings is 7. The van der Waals surface area contributed by atoms with Gasteiger partial charge < -0.3 is 4.42 Å². The van der Waals surface area contributed by atoms with E-state index in [9.17, 15) is 0 Å². The molecule has 0 atom stereocenters. The molecular weight excluding hydrogens is 703 g/mol. The summed E-state index contributed by atoms with van der Waals surface area (Å²) in [6.07, 6.45) is 1.82. The smallest absolute Gasteiger partial charge is 0.246 e. The average molecular weight is 730 g/mol. The van der Waals surface area contributed by atoms with Crippen molar-refractivity contribution in [2.75, 3.05) is 0 Å². The van der Waals surface area contributed by atoms with Crippen molar-refractivity contribution in [3.63, 3.8) is 0 Å². The van der Waals surface area contributed by atoms with Gasteiger partial charge in [-0.25, -0.2) is 29.9 Å². The fraction of sp³-hybridized carbons (Fsp3) is 0. The Labute approximate surface area is 324 Å². The van der Waals surface area contributed by atoms with Crippen molar-refractivity contribution >= 4 is 76.6 Å². The Bertz CT molecular complexity index is 3600. The molecule has 0 fully saturated rings. The predicted octanol–water partition coefficient (Wildman–Crippen LogP) is 11.8. The van der Waals surface area contributed by atoms with Crippen LogP contribution in [-0.2, 0) is 0 Å². The molecule has 0 amide bonds. The number of rotatable bonds is 4. The van der Waals surface area contributed by atoms with Crippen LogP contribution in [0.1, 0.15) is 0 Å². The molecule has 0 spiro atoms. The molecule has 57 heavy (non-hydrogen) atoms. The van der Waals surface area contributed by atoms with Crippen LogP contribution in [0.2, 0.25) is 0 Å². The highest BCUT2D eigenvalue weighted by Gasteiger charge is 2.19. The van der Waals surface area contributed by atoms with Crippen LogP contribution in [0.5, 0.6) is 0 Å². The quantitative estimate of drug-likeness (QED) is 0.165. The third-order valence-corrected chi connectivity index (χ3v) is 10.8. The van der Waals surface area contributed by atoms with Crippen molar-refractivity contribution in [3.8, 4) is 45.4 Å². The molecule has 8 nitrogen and oxygen atoms in total. The van der Waals surface area contributed by atoms with Gasteiger partial charge in [-0.3, -0.25) is 4.98 Å². The van der Waals surface area contributed by atoms with E-state index in [0.717, 1.165) is 98.8 Å². The maximum Gasteiger partial charge on any atom is 0.246 e. The topological polar surface area (TPSA) is 103 Å². The minimum absolute atomic E-state index is 0.523. The summed E-state index contributed by atoms with van der Waals surface area (Å²) in [7, 11) is 0. The van der Waals surface area contributed by atoms with Gasteiger partial charge in [0.05, 0.1) is 33.1 Å². The minimum Gasteiger partial charge on any atom is -0.436 e. The summed E-state index contributed by atoms with van der Waals surface area (Å²) in [6.45, 7) is 0. The maximum absolute atomic E-state index is 6.21. The van der Waals surface area contributed by atoms with Crippen molar-refractivity contribution in [3.05, 3.63) is 164 Å². The van der Waals surface area contributed by atoms with Crippen molar-refractivity contribution < 1.29 is 4.42 Å². The van der Waals surface area contributed by atoms with Crippen LogP contribution in [0.4, 0.5) is 0 Å². The lowest BCUT2D eigenvalue weighted by molar-refractivity contribution is 0.655. The van der Waals surface area contributed by atoms with E-state index in [1.807, 2.05) is 72.9 Å². The Kier molecular flexibility index (Phi) is 6.76. The first-order chi connectivity index (χ1) is 28.2. The summed E-state index contributed by atoms with van der Waals surface area (Å²) in [5, 5.41) is 7.15. The van der Waals surface area contributed by atoms with E-state index in [0.29, 0.717) is 23.2 Å². The van der Waals surface area contributed by atoms with Gasteiger partial charge in [0.2, 0.25) is 5.71 Å². The summed E-state index contributed by atoms with van der Waals surface area (Å²) in [6, 6.07) is 53.3. The largest absolute Gasteiger partial charge is 0.436 e. The maximum atomic E-state index is 6.21. The van der Waals surface area contributed by atoms with Gasteiger partial charge in [-0.15, -0.1) is 0 Å². The Balaban J connectivity index is 1.03. The van der Waals surface area contributed by atoms with Crippen molar-refractivity contribution in [2.45, 2.75) is 0 Å². The van der Waals surface area contributed by atoms with Crippen LogP contribution in [0, 0.1) is 0 Å². The molecule has 5 aromatic heterocycles. The first-order valence-corrected chi connectivity index (χ1v) is 18.7. The van der Waals surface area contributed by atoms with Crippen LogP contribution in [-0.4, -0.2) is 34.9 Å². The number of fused-ring (bicyclic) bond motifs is 10. The molecule has 0 aliphatic heterocycles. The number of nitrogens with zero attached hydrogens (tertiary/aromatic N) is 7. The molecule has 8 heteroatoms. The van der Waals surface area contributed by atoms with Crippen molar-refractivity contribution in [2.24, 2.45) is 0 Å². The summed E-state index contributed by atoms with van der Waals surface area (Å²) in [5.41, 5.74) is 9.99. The Hall–Kier alpha value is -7.97. The normalized spacial score (nSPS) is 11.9. The number of furan rings is 1. The standard InChI is InChI=1S/C49H27N7O/c1-2-9-30(10-3-1)46-54-47(32-18-21-33-31(27-32)20-25-41-42(33)45-49(57-41)53-40-15-7-6-14-39(40)52-45)56-48(55-46)37-23-22-36(34-12-4-5-13-35(34)37)38-24-19-29-17-16-28-11-8-26-50-43(28)44(29)51-38/h1-27H. The Morgan fingerprint density at radius 1 is 0.386 bits per heavy atom. The molecule has 0 unspecified atom stereocenters. The number of hydrogen-bond donors (Lipinski definition) is 0. The molecule has 0 radical (unpaired) electrons. The van der Waals surface area contributed by atoms with Gasteiger partial charge in [0, 0.05) is 39.2 Å². The zero-order valence-electron chi connectivity index (χ0n) is 30.1. The zero-order valence-corrected chi connectivity index (χ0v) is 30.1. The van der Waals surface area contributed by atoms with Crippen molar-refractivity contribution in [1.29, 1.82) is 0 Å². The molecule has 0 saturated carbocycles. The van der Waals surface area contributed by atoms with Gasteiger partial charge in [0.15, 0.2) is 17.5 Å². The molecule has 0 bridgehead atoms. The van der Waals surface area contributed by atoms with Gasteiger partial charge >= 0.3 is 0 Å². The Morgan fingerprint density at radius 2 is 1.07 bits per heavy atom. The molecule has 5 heterocycles. The Morgan fingerprint density at radius 3 is 1.93 bits per heavy atom. The highest BCUT2D eigenvalue weighted by molar-refractivity contribution is 6.18. The highest BCUT2D eigenvalue weighted by atomic mass is 16.3. The number of para-hydroxylation sites is 2. The monoisotopic (exact) mass is 729 g/mol. The highest BCUT2D eigenvalue weighted by Crippen LogP contribution is 2.38. The molecule has 0 saturated heterocycles. The lowest BCUT2D eigenvalue weighted by Gasteiger charge is -2.13. The van der Waals surface area contributed by atoms with E-state index in [-0.39, 0.29) is 0 Å². The van der Waals surface area contributed by atoms with E-state index in [4.69, 9.17) is 34.3 Å². The fourth-order valence-corrected chi connectivity index (χ4v) is 8.03.